The Labute approximate surface area is 80.5 Å². The molecule has 0 atom stereocenters. The van der Waals surface area contributed by atoms with Crippen molar-refractivity contribution in [2.24, 2.45) is 0 Å². The van der Waals surface area contributed by atoms with E-state index in [1.54, 1.807) is 0 Å². The average molecular weight is 187 g/mol. The van der Waals surface area contributed by atoms with Crippen LogP contribution < -0.4 is 5.32 Å². The number of rotatable bonds is 7. The lowest BCUT2D eigenvalue weighted by Crippen LogP contribution is -2.51. The van der Waals surface area contributed by atoms with Gasteiger partial charge in [0.2, 0.25) is 0 Å². The Morgan fingerprint density at radius 2 is 1.85 bits per heavy atom. The summed E-state index contributed by atoms with van der Waals surface area (Å²) in [6.45, 7) is 8.40. The van der Waals surface area contributed by atoms with Crippen LogP contribution >= 0.6 is 0 Å². The standard InChI is InChI=1S/C10H21NO2/c1-4-9(3)6-11-10(5-2,7-12)8-13/h11-13H,3-8H2,1-2H3. The third-order valence-corrected chi connectivity index (χ3v) is 2.50. The number of hydrogen-bond acceptors (Lipinski definition) is 3. The normalized spacial score (nSPS) is 11.7. The number of nitrogens with one attached hydrogen (secondary N) is 1. The van der Waals surface area contributed by atoms with Crippen molar-refractivity contribution in [1.82, 2.24) is 5.32 Å². The highest BCUT2D eigenvalue weighted by molar-refractivity contribution is 4.99. The van der Waals surface area contributed by atoms with Crippen LogP contribution in [0.2, 0.25) is 0 Å². The predicted molar refractivity (Wildman–Crippen MR) is 54.6 cm³/mol. The lowest BCUT2D eigenvalue weighted by molar-refractivity contribution is 0.0901. The molecule has 0 radical (unpaired) electrons. The molecule has 3 heteroatoms. The minimum Gasteiger partial charge on any atom is -0.394 e. The van der Waals surface area contributed by atoms with Gasteiger partial charge in [-0.3, -0.25) is 0 Å². The van der Waals surface area contributed by atoms with Crippen LogP contribution in [0.3, 0.4) is 0 Å². The summed E-state index contributed by atoms with van der Waals surface area (Å²) in [4.78, 5) is 0. The van der Waals surface area contributed by atoms with Gasteiger partial charge in [-0.1, -0.05) is 26.0 Å². The van der Waals surface area contributed by atoms with E-state index in [2.05, 4.69) is 11.9 Å². The molecule has 0 unspecified atom stereocenters. The van der Waals surface area contributed by atoms with Gasteiger partial charge in [-0.15, -0.1) is 0 Å². The van der Waals surface area contributed by atoms with Crippen molar-refractivity contribution < 1.29 is 10.2 Å². The molecule has 0 heterocycles. The zero-order valence-corrected chi connectivity index (χ0v) is 8.64. The molecule has 3 N–H and O–H groups in total. The monoisotopic (exact) mass is 187 g/mol. The van der Waals surface area contributed by atoms with Crippen LogP contribution in [0.25, 0.3) is 0 Å². The summed E-state index contributed by atoms with van der Waals surface area (Å²) in [5.41, 5.74) is 0.540. The zero-order chi connectivity index (χ0) is 10.3. The number of aliphatic hydroxyl groups is 2. The van der Waals surface area contributed by atoms with Gasteiger partial charge in [0.05, 0.1) is 18.8 Å². The van der Waals surface area contributed by atoms with E-state index in [0.29, 0.717) is 13.0 Å². The molecule has 3 nitrogen and oxygen atoms in total. The van der Waals surface area contributed by atoms with E-state index in [1.807, 2.05) is 13.8 Å². The first-order chi connectivity index (χ1) is 6.14. The molecule has 0 bridgehead atoms. The summed E-state index contributed by atoms with van der Waals surface area (Å²) >= 11 is 0. The Morgan fingerprint density at radius 1 is 1.31 bits per heavy atom. The van der Waals surface area contributed by atoms with Crippen molar-refractivity contribution >= 4 is 0 Å². The third-order valence-electron chi connectivity index (χ3n) is 2.50. The highest BCUT2D eigenvalue weighted by atomic mass is 16.3. The molecule has 0 aromatic carbocycles. The van der Waals surface area contributed by atoms with Crippen molar-refractivity contribution in [3.05, 3.63) is 12.2 Å². The lowest BCUT2D eigenvalue weighted by atomic mass is 9.98. The molecular formula is C10H21NO2. The summed E-state index contributed by atoms with van der Waals surface area (Å²) < 4.78 is 0. The molecule has 78 valence electrons. The second kappa shape index (κ2) is 6.13. The molecule has 0 aliphatic heterocycles. The Morgan fingerprint density at radius 3 is 2.15 bits per heavy atom. The van der Waals surface area contributed by atoms with Crippen LogP contribution in [0.1, 0.15) is 26.7 Å². The maximum absolute atomic E-state index is 9.11. The fraction of sp³-hybridized carbons (Fsp3) is 0.800. The molecule has 0 rings (SSSR count). The van der Waals surface area contributed by atoms with Gasteiger partial charge in [0, 0.05) is 6.54 Å². The van der Waals surface area contributed by atoms with E-state index >= 15 is 0 Å². The van der Waals surface area contributed by atoms with Gasteiger partial charge in [0.25, 0.3) is 0 Å². The Hall–Kier alpha value is -0.380. The van der Waals surface area contributed by atoms with Crippen molar-refractivity contribution in [1.29, 1.82) is 0 Å². The number of aliphatic hydroxyl groups excluding tert-OH is 2. The van der Waals surface area contributed by atoms with E-state index in [-0.39, 0.29) is 13.2 Å². The van der Waals surface area contributed by atoms with Crippen LogP contribution in [-0.2, 0) is 0 Å². The molecular weight excluding hydrogens is 166 g/mol. The summed E-state index contributed by atoms with van der Waals surface area (Å²) in [7, 11) is 0. The van der Waals surface area contributed by atoms with E-state index < -0.39 is 5.54 Å². The molecule has 0 aromatic rings. The van der Waals surface area contributed by atoms with Crippen molar-refractivity contribution in [2.75, 3.05) is 19.8 Å². The maximum atomic E-state index is 9.11. The number of hydrogen-bond donors (Lipinski definition) is 3. The minimum absolute atomic E-state index is 0.0446. The van der Waals surface area contributed by atoms with Gasteiger partial charge < -0.3 is 15.5 Å². The van der Waals surface area contributed by atoms with Gasteiger partial charge in [-0.25, -0.2) is 0 Å². The SMILES string of the molecule is C=C(CC)CNC(CC)(CO)CO. The van der Waals surface area contributed by atoms with Gasteiger partial charge in [0.15, 0.2) is 0 Å². The highest BCUT2D eigenvalue weighted by Gasteiger charge is 2.25. The molecule has 0 amide bonds. The van der Waals surface area contributed by atoms with Crippen LogP contribution in [0.15, 0.2) is 12.2 Å². The van der Waals surface area contributed by atoms with Crippen molar-refractivity contribution in [3.63, 3.8) is 0 Å². The van der Waals surface area contributed by atoms with Crippen molar-refractivity contribution in [3.8, 4) is 0 Å². The Bertz CT molecular complexity index is 145. The van der Waals surface area contributed by atoms with Crippen LogP contribution in [0.4, 0.5) is 0 Å². The predicted octanol–water partition coefficient (Wildman–Crippen LogP) is 0.676. The fourth-order valence-electron chi connectivity index (χ4n) is 0.948. The molecule has 0 aliphatic carbocycles. The van der Waals surface area contributed by atoms with E-state index in [9.17, 15) is 0 Å². The van der Waals surface area contributed by atoms with Crippen LogP contribution in [0, 0.1) is 0 Å². The summed E-state index contributed by atoms with van der Waals surface area (Å²) in [6.07, 6.45) is 1.63. The molecule has 0 fully saturated rings. The second-order valence-corrected chi connectivity index (χ2v) is 3.41. The second-order valence-electron chi connectivity index (χ2n) is 3.41. The van der Waals surface area contributed by atoms with E-state index in [0.717, 1.165) is 12.0 Å². The molecule has 0 saturated heterocycles. The largest absolute Gasteiger partial charge is 0.394 e. The summed E-state index contributed by atoms with van der Waals surface area (Å²) in [5.74, 6) is 0. The van der Waals surface area contributed by atoms with Crippen molar-refractivity contribution in [2.45, 2.75) is 32.2 Å². The van der Waals surface area contributed by atoms with Crippen LogP contribution in [-0.4, -0.2) is 35.5 Å². The molecule has 0 aromatic heterocycles. The highest BCUT2D eigenvalue weighted by Crippen LogP contribution is 2.09. The smallest absolute Gasteiger partial charge is 0.0648 e. The lowest BCUT2D eigenvalue weighted by Gasteiger charge is -2.30. The summed E-state index contributed by atoms with van der Waals surface area (Å²) in [6, 6.07) is 0. The zero-order valence-electron chi connectivity index (χ0n) is 8.64. The topological polar surface area (TPSA) is 52.5 Å². The summed E-state index contributed by atoms with van der Waals surface area (Å²) in [5, 5.41) is 21.4. The van der Waals surface area contributed by atoms with Gasteiger partial charge in [-0.2, -0.15) is 0 Å². The van der Waals surface area contributed by atoms with E-state index in [1.165, 1.54) is 0 Å². The molecule has 0 spiro atoms. The molecule has 0 aliphatic rings. The van der Waals surface area contributed by atoms with Gasteiger partial charge in [-0.05, 0) is 12.8 Å². The molecule has 13 heavy (non-hydrogen) atoms. The first-order valence-corrected chi connectivity index (χ1v) is 4.77. The fourth-order valence-corrected chi connectivity index (χ4v) is 0.948. The average Bonchev–Trinajstić information content (AvgIpc) is 2.20. The first-order valence-electron chi connectivity index (χ1n) is 4.77. The maximum Gasteiger partial charge on any atom is 0.0648 e. The molecule has 0 saturated carbocycles. The van der Waals surface area contributed by atoms with Gasteiger partial charge >= 0.3 is 0 Å². The van der Waals surface area contributed by atoms with E-state index in [4.69, 9.17) is 10.2 Å². The quantitative estimate of drug-likeness (QED) is 0.514. The van der Waals surface area contributed by atoms with Gasteiger partial charge in [0.1, 0.15) is 0 Å². The van der Waals surface area contributed by atoms with Crippen LogP contribution in [0.5, 0.6) is 0 Å². The first kappa shape index (κ1) is 12.6. The Balaban J connectivity index is 4.02. The Kier molecular flexibility index (Phi) is 5.95. The third kappa shape index (κ3) is 3.89. The minimum atomic E-state index is -0.544.